The van der Waals surface area contributed by atoms with Gasteiger partial charge in [-0.15, -0.1) is 0 Å². The third-order valence-electron chi connectivity index (χ3n) is 6.07. The maximum Gasteiger partial charge on any atom is 0.261 e. The molecule has 0 atom stereocenters. The van der Waals surface area contributed by atoms with Crippen molar-refractivity contribution < 1.29 is 14.3 Å². The molecule has 5 rings (SSSR count). The summed E-state index contributed by atoms with van der Waals surface area (Å²) >= 11 is 0. The zero-order valence-electron chi connectivity index (χ0n) is 20.9. The number of hydrogen-bond donors (Lipinski definition) is 2. The van der Waals surface area contributed by atoms with Gasteiger partial charge in [-0.05, 0) is 66.9 Å². The Morgan fingerprint density at radius 3 is 2.43 bits per heavy atom. The number of rotatable bonds is 6. The van der Waals surface area contributed by atoms with Crippen LogP contribution in [-0.2, 0) is 0 Å². The van der Waals surface area contributed by atoms with E-state index >= 15 is 0 Å². The molecule has 0 unspecified atom stereocenters. The van der Waals surface area contributed by atoms with E-state index < -0.39 is 0 Å². The minimum Gasteiger partial charge on any atom is -0.493 e. The molecule has 37 heavy (non-hydrogen) atoms. The Hall–Kier alpha value is -4.92. The number of methoxy groups -OCH3 is 2. The van der Waals surface area contributed by atoms with Gasteiger partial charge in [-0.1, -0.05) is 24.3 Å². The normalized spacial score (nSPS) is 11.4. The summed E-state index contributed by atoms with van der Waals surface area (Å²) < 4.78 is 12.1. The van der Waals surface area contributed by atoms with E-state index in [4.69, 9.17) is 25.2 Å². The summed E-state index contributed by atoms with van der Waals surface area (Å²) in [6, 6.07) is 18.7. The Morgan fingerprint density at radius 1 is 0.973 bits per heavy atom. The molecule has 3 aromatic carbocycles. The van der Waals surface area contributed by atoms with Crippen LogP contribution in [0.25, 0.3) is 22.2 Å². The number of anilines is 2. The fraction of sp³-hybridized carbons (Fsp3) is 0.143. The zero-order chi connectivity index (χ0) is 26.1. The largest absolute Gasteiger partial charge is 0.493 e. The molecular weight excluding hydrogens is 468 g/mol. The van der Waals surface area contributed by atoms with E-state index in [-0.39, 0.29) is 17.3 Å². The van der Waals surface area contributed by atoms with Crippen molar-refractivity contribution in [1.82, 2.24) is 14.6 Å². The van der Waals surface area contributed by atoms with Crippen LogP contribution in [0.15, 0.2) is 65.8 Å². The molecule has 9 heteroatoms. The number of nitrogens with two attached hydrogens (primary N) is 1. The number of nitrogens with one attached hydrogen (secondary N) is 1. The Balaban J connectivity index is 1.64. The monoisotopic (exact) mass is 494 g/mol. The second-order valence-electron chi connectivity index (χ2n) is 8.59. The van der Waals surface area contributed by atoms with Gasteiger partial charge in [-0.3, -0.25) is 4.79 Å². The van der Waals surface area contributed by atoms with E-state index in [1.165, 1.54) is 4.68 Å². The van der Waals surface area contributed by atoms with Gasteiger partial charge in [-0.2, -0.15) is 9.78 Å². The van der Waals surface area contributed by atoms with Crippen LogP contribution in [0.3, 0.4) is 0 Å². The number of amides is 1. The smallest absolute Gasteiger partial charge is 0.261 e. The third-order valence-corrected chi connectivity index (χ3v) is 6.07. The number of ether oxygens (including phenoxy) is 2. The number of carbonyl (C=O) groups is 1. The quantitative estimate of drug-likeness (QED) is 0.323. The van der Waals surface area contributed by atoms with Crippen LogP contribution in [0.1, 0.15) is 27.0 Å². The van der Waals surface area contributed by atoms with Crippen molar-refractivity contribution in [2.45, 2.75) is 13.8 Å². The number of hydrogen-bond acceptors (Lipinski definition) is 7. The number of nitrogen functional groups attached to an aromatic ring is 1. The van der Waals surface area contributed by atoms with Crippen molar-refractivity contribution in [3.63, 3.8) is 0 Å². The fourth-order valence-corrected chi connectivity index (χ4v) is 4.10. The maximum atomic E-state index is 13.5. The van der Waals surface area contributed by atoms with E-state index in [0.29, 0.717) is 39.4 Å². The summed E-state index contributed by atoms with van der Waals surface area (Å²) in [6.07, 6.45) is 1.61. The number of benzene rings is 3. The molecule has 0 saturated carbocycles. The van der Waals surface area contributed by atoms with E-state index in [1.807, 2.05) is 62.4 Å². The van der Waals surface area contributed by atoms with Gasteiger partial charge in [-0.25, -0.2) is 9.97 Å². The first kappa shape index (κ1) is 23.8. The topological polar surface area (TPSA) is 117 Å². The predicted molar refractivity (Wildman–Crippen MR) is 146 cm³/mol. The minimum absolute atomic E-state index is 0.129. The van der Waals surface area contributed by atoms with Crippen molar-refractivity contribution in [3.8, 4) is 11.5 Å². The predicted octanol–water partition coefficient (Wildman–Crippen LogP) is 4.94. The number of fused-ring (bicyclic) bond motifs is 2. The molecular formula is C28H26N6O3. The number of aryl methyl sites for hydroxylation is 2. The second kappa shape index (κ2) is 9.62. The van der Waals surface area contributed by atoms with Crippen molar-refractivity contribution in [2.24, 2.45) is 5.10 Å². The number of para-hydroxylation sites is 2. The van der Waals surface area contributed by atoms with Gasteiger partial charge >= 0.3 is 0 Å². The summed E-state index contributed by atoms with van der Waals surface area (Å²) in [5.41, 5.74) is 12.2. The fourth-order valence-electron chi connectivity index (χ4n) is 4.10. The highest BCUT2D eigenvalue weighted by Gasteiger charge is 2.24. The Bertz CT molecular complexity index is 1690. The molecule has 0 saturated heterocycles. The lowest BCUT2D eigenvalue weighted by Gasteiger charge is -2.09. The van der Waals surface area contributed by atoms with Gasteiger partial charge in [0.1, 0.15) is 16.9 Å². The van der Waals surface area contributed by atoms with Crippen molar-refractivity contribution in [2.75, 3.05) is 25.3 Å². The highest BCUT2D eigenvalue weighted by Crippen LogP contribution is 2.30. The summed E-state index contributed by atoms with van der Waals surface area (Å²) in [7, 11) is 3.14. The number of aromatic nitrogens is 3. The van der Waals surface area contributed by atoms with Crippen molar-refractivity contribution in [3.05, 3.63) is 82.9 Å². The summed E-state index contributed by atoms with van der Waals surface area (Å²) in [5, 5.41) is 7.55. The first-order valence-electron chi connectivity index (χ1n) is 11.6. The Labute approximate surface area is 213 Å². The standard InChI is InChI=1S/C28H26N6O3/c1-16-9-10-17(2)21(13-16)33-28(35)24-25-27(32-20-8-6-5-7-19(20)31-25)34(26(24)29)30-15-18-11-12-22(36-3)23(14-18)37-4/h5-15H,29H2,1-4H3,(H,33,35)/b30-15+. The molecule has 0 fully saturated rings. The second-order valence-corrected chi connectivity index (χ2v) is 8.59. The van der Waals surface area contributed by atoms with Crippen LogP contribution < -0.4 is 20.5 Å². The summed E-state index contributed by atoms with van der Waals surface area (Å²) in [5.74, 6) is 0.912. The third kappa shape index (κ3) is 4.42. The molecule has 0 aliphatic rings. The van der Waals surface area contributed by atoms with Crippen LogP contribution in [0.2, 0.25) is 0 Å². The maximum absolute atomic E-state index is 13.5. The molecule has 2 heterocycles. The Morgan fingerprint density at radius 2 is 1.70 bits per heavy atom. The molecule has 186 valence electrons. The Kier molecular flexibility index (Phi) is 6.19. The molecule has 0 spiro atoms. The minimum atomic E-state index is -0.388. The van der Waals surface area contributed by atoms with Gasteiger partial charge < -0.3 is 20.5 Å². The van der Waals surface area contributed by atoms with Gasteiger partial charge in [0.15, 0.2) is 17.1 Å². The SMILES string of the molecule is COc1ccc(/C=N/n2c(N)c(C(=O)Nc3cc(C)ccc3C)c3nc4ccccc4nc32)cc1OC. The van der Waals surface area contributed by atoms with Gasteiger partial charge in [0.25, 0.3) is 5.91 Å². The van der Waals surface area contributed by atoms with Crippen LogP contribution in [0, 0.1) is 13.8 Å². The van der Waals surface area contributed by atoms with Crippen molar-refractivity contribution in [1.29, 1.82) is 0 Å². The molecule has 1 amide bonds. The van der Waals surface area contributed by atoms with Crippen LogP contribution in [0.4, 0.5) is 11.5 Å². The molecule has 0 aliphatic carbocycles. The lowest BCUT2D eigenvalue weighted by molar-refractivity contribution is 0.102. The van der Waals surface area contributed by atoms with E-state index in [0.717, 1.165) is 16.7 Å². The highest BCUT2D eigenvalue weighted by molar-refractivity contribution is 6.16. The molecule has 2 aromatic heterocycles. The molecule has 5 aromatic rings. The van der Waals surface area contributed by atoms with E-state index in [2.05, 4.69) is 10.4 Å². The number of carbonyl (C=O) groups excluding carboxylic acids is 1. The van der Waals surface area contributed by atoms with Crippen LogP contribution >= 0.6 is 0 Å². The highest BCUT2D eigenvalue weighted by atomic mass is 16.5. The first-order valence-corrected chi connectivity index (χ1v) is 11.6. The van der Waals surface area contributed by atoms with E-state index in [1.54, 1.807) is 32.6 Å². The molecule has 9 nitrogen and oxygen atoms in total. The zero-order valence-corrected chi connectivity index (χ0v) is 20.9. The van der Waals surface area contributed by atoms with Crippen LogP contribution in [-0.4, -0.2) is 41.0 Å². The average Bonchev–Trinajstić information content (AvgIpc) is 3.17. The molecule has 0 radical (unpaired) electrons. The first-order chi connectivity index (χ1) is 17.9. The van der Waals surface area contributed by atoms with Gasteiger partial charge in [0, 0.05) is 5.69 Å². The van der Waals surface area contributed by atoms with Crippen LogP contribution in [0.5, 0.6) is 11.5 Å². The molecule has 0 aliphatic heterocycles. The van der Waals surface area contributed by atoms with Gasteiger partial charge in [0.05, 0.1) is 31.5 Å². The van der Waals surface area contributed by atoms with Crippen molar-refractivity contribution >= 4 is 45.8 Å². The van der Waals surface area contributed by atoms with Gasteiger partial charge in [0.2, 0.25) is 0 Å². The molecule has 0 bridgehead atoms. The number of nitrogens with zero attached hydrogens (tertiary/aromatic N) is 4. The average molecular weight is 495 g/mol. The summed E-state index contributed by atoms with van der Waals surface area (Å²) in [6.45, 7) is 3.90. The lowest BCUT2D eigenvalue weighted by Crippen LogP contribution is -2.15. The summed E-state index contributed by atoms with van der Waals surface area (Å²) in [4.78, 5) is 23.0. The molecule has 3 N–H and O–H groups in total. The van der Waals surface area contributed by atoms with E-state index in [9.17, 15) is 4.79 Å². The lowest BCUT2D eigenvalue weighted by atomic mass is 10.1.